The normalized spacial score (nSPS) is 28.0. The summed E-state index contributed by atoms with van der Waals surface area (Å²) in [7, 11) is 0. The minimum atomic E-state index is -0.505. The minimum absolute atomic E-state index is 0.0220. The van der Waals surface area contributed by atoms with Crippen LogP contribution in [0.25, 0.3) is 6.08 Å². The number of hydrogen-bond donors (Lipinski definition) is 1. The van der Waals surface area contributed by atoms with Crippen molar-refractivity contribution in [2.75, 3.05) is 19.6 Å². The highest BCUT2D eigenvalue weighted by Crippen LogP contribution is 2.62. The Morgan fingerprint density at radius 1 is 1.09 bits per heavy atom. The molecular formula is C38H44N2O3. The quantitative estimate of drug-likeness (QED) is 0.318. The lowest BCUT2D eigenvalue weighted by Gasteiger charge is -2.60. The first-order valence-electron chi connectivity index (χ1n) is 16.2. The Morgan fingerprint density at radius 2 is 1.91 bits per heavy atom. The molecule has 2 aliphatic heterocycles. The third kappa shape index (κ3) is 4.91. The van der Waals surface area contributed by atoms with Gasteiger partial charge in [-0.25, -0.2) is 0 Å². The number of aryl methyl sites for hydroxylation is 1. The second-order valence-electron chi connectivity index (χ2n) is 13.7. The fourth-order valence-corrected chi connectivity index (χ4v) is 8.94. The fraction of sp³-hybridized carbons (Fsp3) is 0.447. The molecule has 2 fully saturated rings. The number of amides is 1. The average molecular weight is 577 g/mol. The second-order valence-corrected chi connectivity index (χ2v) is 13.7. The van der Waals surface area contributed by atoms with Crippen molar-refractivity contribution in [3.63, 3.8) is 0 Å². The third-order valence-corrected chi connectivity index (χ3v) is 10.6. The van der Waals surface area contributed by atoms with Crippen LogP contribution in [0.4, 0.5) is 0 Å². The van der Waals surface area contributed by atoms with Gasteiger partial charge in [-0.05, 0) is 79.8 Å². The van der Waals surface area contributed by atoms with Gasteiger partial charge in [-0.3, -0.25) is 9.69 Å². The molecule has 4 aliphatic rings. The molecular weight excluding hydrogens is 532 g/mol. The summed E-state index contributed by atoms with van der Waals surface area (Å²) in [6, 6.07) is 25.3. The SMILES string of the molecule is Cc1cccc(C=CC(=O)N(CC(C)C)[C@H]2CC[C@H]3[C@H]4Cc5cccc6c5[C@@]3(CCN4CC(O)c3ccccc3)[C@H]2O6)c1. The number of aliphatic hydroxyl groups excluding tert-OH is 1. The van der Waals surface area contributed by atoms with Gasteiger partial charge < -0.3 is 14.7 Å². The van der Waals surface area contributed by atoms with Crippen molar-refractivity contribution in [1.29, 1.82) is 0 Å². The molecule has 0 aromatic heterocycles. The molecule has 7 rings (SSSR count). The van der Waals surface area contributed by atoms with Gasteiger partial charge in [0.25, 0.3) is 0 Å². The fourth-order valence-electron chi connectivity index (χ4n) is 8.94. The zero-order valence-corrected chi connectivity index (χ0v) is 25.7. The van der Waals surface area contributed by atoms with Crippen molar-refractivity contribution in [3.05, 3.63) is 107 Å². The zero-order chi connectivity index (χ0) is 29.7. The molecule has 224 valence electrons. The molecule has 1 unspecified atom stereocenters. The van der Waals surface area contributed by atoms with Crippen LogP contribution in [0.1, 0.15) is 67.0 Å². The maximum atomic E-state index is 14.0. The van der Waals surface area contributed by atoms with E-state index in [0.29, 0.717) is 31.0 Å². The number of β-amino-alcohol motifs (C(OH)–C–C–N with tert-alkyl or cyclic N) is 1. The highest BCUT2D eigenvalue weighted by atomic mass is 16.5. The van der Waals surface area contributed by atoms with Crippen molar-refractivity contribution in [2.24, 2.45) is 11.8 Å². The van der Waals surface area contributed by atoms with Gasteiger partial charge in [0.2, 0.25) is 5.91 Å². The molecule has 1 saturated carbocycles. The van der Waals surface area contributed by atoms with Crippen LogP contribution in [-0.2, 0) is 16.6 Å². The van der Waals surface area contributed by atoms with Crippen molar-refractivity contribution in [1.82, 2.24) is 9.80 Å². The highest BCUT2D eigenvalue weighted by Gasteiger charge is 2.66. The topological polar surface area (TPSA) is 53.0 Å². The maximum absolute atomic E-state index is 14.0. The van der Waals surface area contributed by atoms with Gasteiger partial charge in [0.05, 0.1) is 12.1 Å². The van der Waals surface area contributed by atoms with Gasteiger partial charge in [-0.15, -0.1) is 0 Å². The molecule has 43 heavy (non-hydrogen) atoms. The lowest BCUT2D eigenvalue weighted by atomic mass is 9.51. The molecule has 1 N–H and O–H groups in total. The van der Waals surface area contributed by atoms with E-state index < -0.39 is 6.10 Å². The second kappa shape index (κ2) is 11.3. The molecule has 5 heteroatoms. The van der Waals surface area contributed by atoms with Gasteiger partial charge >= 0.3 is 0 Å². The summed E-state index contributed by atoms with van der Waals surface area (Å²) < 4.78 is 6.98. The van der Waals surface area contributed by atoms with Crippen LogP contribution in [0.15, 0.2) is 78.9 Å². The van der Waals surface area contributed by atoms with Gasteiger partial charge in [-0.1, -0.05) is 86.1 Å². The molecule has 1 saturated heterocycles. The number of hydrogen-bond acceptors (Lipinski definition) is 4. The molecule has 3 aromatic rings. The van der Waals surface area contributed by atoms with Crippen LogP contribution >= 0.6 is 0 Å². The standard InChI is InChI=1S/C38H44N2O3/c1-25(2)23-40(35(42)18-15-27-10-7-9-26(3)21-27)31-17-16-30-32-22-29-13-8-14-34-36(29)38(30,37(31)43-34)19-20-39(32)24-33(41)28-11-5-4-6-12-28/h4-15,18,21,25,30-33,37,41H,16-17,19-20,22-24H2,1-3H3/t30-,31-,32+,33?,37-,38-/m0/s1. The number of ether oxygens (including phenoxy) is 1. The molecule has 5 nitrogen and oxygen atoms in total. The van der Waals surface area contributed by atoms with Crippen molar-refractivity contribution in [3.8, 4) is 5.75 Å². The van der Waals surface area contributed by atoms with Gasteiger partial charge in [-0.2, -0.15) is 0 Å². The van der Waals surface area contributed by atoms with E-state index in [1.54, 1.807) is 6.08 Å². The third-order valence-electron chi connectivity index (χ3n) is 10.6. The number of carbonyl (C=O) groups is 1. The summed E-state index contributed by atoms with van der Waals surface area (Å²) in [5.74, 6) is 1.90. The van der Waals surface area contributed by atoms with E-state index in [2.05, 4.69) is 67.0 Å². The number of nitrogens with zero attached hydrogens (tertiary/aromatic N) is 2. The lowest BCUT2D eigenvalue weighted by molar-refractivity contribution is -0.139. The number of likely N-dealkylation sites (tertiary alicyclic amines) is 1. The predicted octanol–water partition coefficient (Wildman–Crippen LogP) is 6.33. The molecule has 2 aliphatic carbocycles. The average Bonchev–Trinajstić information content (AvgIpc) is 3.35. The summed E-state index contributed by atoms with van der Waals surface area (Å²) >= 11 is 0. The monoisotopic (exact) mass is 576 g/mol. The van der Waals surface area contributed by atoms with Crippen LogP contribution in [0.2, 0.25) is 0 Å². The Labute approximate surface area is 256 Å². The Bertz CT molecular complexity index is 1520. The van der Waals surface area contributed by atoms with E-state index in [-0.39, 0.29) is 23.5 Å². The van der Waals surface area contributed by atoms with Crippen molar-refractivity contribution < 1.29 is 14.6 Å². The van der Waals surface area contributed by atoms with Gasteiger partial charge in [0.1, 0.15) is 11.9 Å². The van der Waals surface area contributed by atoms with E-state index in [1.807, 2.05) is 42.5 Å². The molecule has 3 aromatic carbocycles. The Hall–Kier alpha value is -3.41. The molecule has 2 bridgehead atoms. The van der Waals surface area contributed by atoms with Crippen LogP contribution in [0, 0.1) is 18.8 Å². The highest BCUT2D eigenvalue weighted by molar-refractivity contribution is 5.92. The lowest BCUT2D eigenvalue weighted by Crippen LogP contribution is -2.69. The van der Waals surface area contributed by atoms with Crippen molar-refractivity contribution >= 4 is 12.0 Å². The number of aliphatic hydroxyl groups is 1. The van der Waals surface area contributed by atoms with E-state index in [4.69, 9.17) is 4.74 Å². The summed E-state index contributed by atoms with van der Waals surface area (Å²) in [5, 5.41) is 11.2. The summed E-state index contributed by atoms with van der Waals surface area (Å²) in [4.78, 5) is 18.7. The molecule has 1 spiro atoms. The summed E-state index contributed by atoms with van der Waals surface area (Å²) in [5.41, 5.74) is 5.93. The van der Waals surface area contributed by atoms with Crippen molar-refractivity contribution in [2.45, 2.75) is 76.2 Å². The predicted molar refractivity (Wildman–Crippen MR) is 171 cm³/mol. The number of piperidine rings is 1. The van der Waals surface area contributed by atoms with Crippen LogP contribution in [-0.4, -0.2) is 58.6 Å². The van der Waals surface area contributed by atoms with Crippen LogP contribution in [0.3, 0.4) is 0 Å². The van der Waals surface area contributed by atoms with Gasteiger partial charge in [0.15, 0.2) is 0 Å². The molecule has 0 radical (unpaired) electrons. The maximum Gasteiger partial charge on any atom is 0.246 e. The molecule has 2 heterocycles. The Kier molecular flexibility index (Phi) is 7.43. The first-order valence-corrected chi connectivity index (χ1v) is 16.2. The first kappa shape index (κ1) is 28.4. The number of rotatable bonds is 8. The Morgan fingerprint density at radius 3 is 2.70 bits per heavy atom. The van der Waals surface area contributed by atoms with Crippen LogP contribution in [0.5, 0.6) is 5.75 Å². The van der Waals surface area contributed by atoms with Crippen LogP contribution < -0.4 is 4.74 Å². The number of carbonyl (C=O) groups excluding carboxylic acids is 1. The smallest absolute Gasteiger partial charge is 0.246 e. The first-order chi connectivity index (χ1) is 20.8. The largest absolute Gasteiger partial charge is 0.487 e. The van der Waals surface area contributed by atoms with E-state index in [1.165, 1.54) is 16.7 Å². The summed E-state index contributed by atoms with van der Waals surface area (Å²) in [6.07, 6.45) is 7.15. The Balaban J connectivity index is 1.21. The van der Waals surface area contributed by atoms with E-state index in [0.717, 1.165) is 49.1 Å². The van der Waals surface area contributed by atoms with E-state index in [9.17, 15) is 9.90 Å². The zero-order valence-electron chi connectivity index (χ0n) is 25.7. The van der Waals surface area contributed by atoms with Gasteiger partial charge in [0, 0.05) is 36.2 Å². The number of benzene rings is 3. The van der Waals surface area contributed by atoms with E-state index >= 15 is 0 Å². The summed E-state index contributed by atoms with van der Waals surface area (Å²) in [6.45, 7) is 8.76. The molecule has 1 amide bonds. The minimum Gasteiger partial charge on any atom is -0.487 e. The molecule has 6 atom stereocenters.